The van der Waals surface area contributed by atoms with E-state index in [9.17, 15) is 9.46 Å². The summed E-state index contributed by atoms with van der Waals surface area (Å²) < 4.78 is 34.1. The van der Waals surface area contributed by atoms with E-state index >= 15 is 0 Å². The molecule has 0 aliphatic carbocycles. The lowest BCUT2D eigenvalue weighted by Gasteiger charge is -2.19. The molecule has 27 heavy (non-hydrogen) atoms. The topological polar surface area (TPSA) is 74.2 Å². The minimum absolute atomic E-state index is 0.270. The minimum Gasteiger partial charge on any atom is -0.496 e. The summed E-state index contributed by atoms with van der Waals surface area (Å²) in [5.41, 5.74) is 1.57. The number of ether oxygens (including phenoxy) is 2. The van der Waals surface area contributed by atoms with Crippen molar-refractivity contribution in [3.63, 3.8) is 0 Å². The van der Waals surface area contributed by atoms with Gasteiger partial charge in [-0.1, -0.05) is 36.0 Å². The van der Waals surface area contributed by atoms with E-state index in [0.717, 1.165) is 15.4 Å². The van der Waals surface area contributed by atoms with Crippen LogP contribution in [0.3, 0.4) is 0 Å². The smallest absolute Gasteiger partial charge is 0.496 e. The molecule has 8 heteroatoms. The van der Waals surface area contributed by atoms with Crippen LogP contribution < -0.4 is 4.74 Å². The third-order valence-corrected chi connectivity index (χ3v) is 6.47. The molecule has 2 unspecified atom stereocenters. The summed E-state index contributed by atoms with van der Waals surface area (Å²) in [6, 6.07) is 13.3. The van der Waals surface area contributed by atoms with Gasteiger partial charge in [-0.15, -0.1) is 0 Å². The van der Waals surface area contributed by atoms with Crippen molar-refractivity contribution in [3.8, 4) is 5.75 Å². The summed E-state index contributed by atoms with van der Waals surface area (Å²) in [4.78, 5) is 12.1. The molecule has 1 saturated heterocycles. The van der Waals surface area contributed by atoms with Gasteiger partial charge in [0.1, 0.15) is 11.5 Å². The van der Waals surface area contributed by atoms with Gasteiger partial charge in [0.15, 0.2) is 0 Å². The minimum atomic E-state index is -4.32. The number of phosphoric ester groups is 1. The molecule has 2 aliphatic heterocycles. The monoisotopic (exact) mass is 406 g/mol. The van der Waals surface area contributed by atoms with E-state index in [1.54, 1.807) is 13.2 Å². The largest absolute Gasteiger partial charge is 0.527 e. The standard InChI is InChI=1S/C19H19O6PS/c1-22-16-7-4-6-15-17(25-26(20,21)24-14-9-10-23-12-14)11-13-5-2-3-8-18(13)27-19(15)16/h2-8,11,14H,9-10,12H2,1H3,(H,20,21). The molecule has 0 bridgehead atoms. The van der Waals surface area contributed by atoms with Gasteiger partial charge in [-0.2, -0.15) is 0 Å². The van der Waals surface area contributed by atoms with E-state index in [2.05, 4.69) is 0 Å². The Kier molecular flexibility index (Phi) is 5.30. The predicted molar refractivity (Wildman–Crippen MR) is 103 cm³/mol. The number of phosphoric acid groups is 1. The van der Waals surface area contributed by atoms with Crippen LogP contribution in [0.4, 0.5) is 0 Å². The number of rotatable bonds is 5. The highest BCUT2D eigenvalue weighted by Gasteiger charge is 2.33. The average Bonchev–Trinajstić information content (AvgIpc) is 3.09. The highest BCUT2D eigenvalue weighted by atomic mass is 32.2. The Labute approximate surface area is 161 Å². The van der Waals surface area contributed by atoms with Crippen molar-refractivity contribution in [2.24, 2.45) is 0 Å². The highest BCUT2D eigenvalue weighted by Crippen LogP contribution is 2.53. The first-order valence-electron chi connectivity index (χ1n) is 8.50. The van der Waals surface area contributed by atoms with Gasteiger partial charge in [0, 0.05) is 17.1 Å². The molecular weight excluding hydrogens is 387 g/mol. The lowest BCUT2D eigenvalue weighted by molar-refractivity contribution is 0.108. The molecule has 2 aliphatic rings. The summed E-state index contributed by atoms with van der Waals surface area (Å²) in [6.45, 7) is 0.799. The first-order chi connectivity index (χ1) is 13.1. The van der Waals surface area contributed by atoms with Crippen molar-refractivity contribution in [1.29, 1.82) is 0 Å². The second kappa shape index (κ2) is 7.70. The molecule has 4 rings (SSSR count). The lowest BCUT2D eigenvalue weighted by Crippen LogP contribution is -2.11. The quantitative estimate of drug-likeness (QED) is 0.729. The molecule has 2 atom stereocenters. The molecule has 142 valence electrons. The Balaban J connectivity index is 1.74. The fraction of sp³-hybridized carbons (Fsp3) is 0.263. The molecule has 0 spiro atoms. The molecule has 2 aromatic rings. The van der Waals surface area contributed by atoms with Crippen LogP contribution in [0, 0.1) is 0 Å². The van der Waals surface area contributed by atoms with Gasteiger partial charge in [-0.05, 0) is 36.3 Å². The second-order valence-electron chi connectivity index (χ2n) is 6.14. The number of benzene rings is 2. The molecule has 6 nitrogen and oxygen atoms in total. The summed E-state index contributed by atoms with van der Waals surface area (Å²) in [6.07, 6.45) is 1.87. The van der Waals surface area contributed by atoms with Crippen LogP contribution in [0.25, 0.3) is 11.8 Å². The number of hydrogen-bond acceptors (Lipinski definition) is 6. The molecule has 0 saturated carbocycles. The van der Waals surface area contributed by atoms with E-state index in [-0.39, 0.29) is 12.4 Å². The fourth-order valence-corrected chi connectivity index (χ4v) is 5.13. The number of hydrogen-bond donors (Lipinski definition) is 1. The van der Waals surface area contributed by atoms with Crippen LogP contribution in [-0.4, -0.2) is 31.3 Å². The highest BCUT2D eigenvalue weighted by molar-refractivity contribution is 7.99. The molecule has 0 radical (unpaired) electrons. The molecule has 2 heterocycles. The van der Waals surface area contributed by atoms with Crippen molar-refractivity contribution in [2.75, 3.05) is 20.3 Å². The molecule has 1 fully saturated rings. The van der Waals surface area contributed by atoms with E-state index in [4.69, 9.17) is 18.5 Å². The summed E-state index contributed by atoms with van der Waals surface area (Å²) in [5, 5.41) is 0. The van der Waals surface area contributed by atoms with Crippen molar-refractivity contribution >= 4 is 31.4 Å². The van der Waals surface area contributed by atoms with Crippen LogP contribution in [-0.2, 0) is 18.3 Å². The maximum atomic E-state index is 12.6. The van der Waals surface area contributed by atoms with Crippen LogP contribution >= 0.6 is 19.6 Å². The van der Waals surface area contributed by atoms with E-state index in [1.807, 2.05) is 42.5 Å². The van der Waals surface area contributed by atoms with Gasteiger partial charge < -0.3 is 14.0 Å². The molecular formula is C19H19O6PS. The third kappa shape index (κ3) is 4.08. The van der Waals surface area contributed by atoms with E-state index < -0.39 is 13.9 Å². The van der Waals surface area contributed by atoms with Gasteiger partial charge in [-0.25, -0.2) is 4.57 Å². The summed E-state index contributed by atoms with van der Waals surface area (Å²) >= 11 is 1.53. The number of methoxy groups -OCH3 is 1. The summed E-state index contributed by atoms with van der Waals surface area (Å²) in [5.74, 6) is 0.938. The zero-order valence-electron chi connectivity index (χ0n) is 14.7. The summed E-state index contributed by atoms with van der Waals surface area (Å²) in [7, 11) is -2.72. The van der Waals surface area contributed by atoms with E-state index in [0.29, 0.717) is 24.3 Å². The van der Waals surface area contributed by atoms with Crippen LogP contribution in [0.15, 0.2) is 52.3 Å². The Morgan fingerprint density at radius 2 is 2.07 bits per heavy atom. The van der Waals surface area contributed by atoms with Crippen LogP contribution in [0.1, 0.15) is 17.5 Å². The van der Waals surface area contributed by atoms with Crippen molar-refractivity contribution in [1.82, 2.24) is 0 Å². The molecule has 2 aromatic carbocycles. The lowest BCUT2D eigenvalue weighted by atomic mass is 10.1. The molecule has 1 N–H and O–H groups in total. The van der Waals surface area contributed by atoms with Gasteiger partial charge >= 0.3 is 7.82 Å². The first-order valence-corrected chi connectivity index (χ1v) is 10.8. The Hall–Kier alpha value is -1.76. The third-order valence-electron chi connectivity index (χ3n) is 4.27. The van der Waals surface area contributed by atoms with Crippen molar-refractivity contribution < 1.29 is 28.0 Å². The van der Waals surface area contributed by atoms with Crippen molar-refractivity contribution in [2.45, 2.75) is 22.3 Å². The van der Waals surface area contributed by atoms with Gasteiger partial charge in [0.2, 0.25) is 0 Å². The van der Waals surface area contributed by atoms with Gasteiger partial charge in [0.05, 0.1) is 24.7 Å². The first kappa shape index (κ1) is 18.6. The molecule has 0 aromatic heterocycles. The van der Waals surface area contributed by atoms with Crippen molar-refractivity contribution in [3.05, 3.63) is 53.6 Å². The zero-order valence-corrected chi connectivity index (χ0v) is 16.4. The van der Waals surface area contributed by atoms with Crippen LogP contribution in [0.2, 0.25) is 0 Å². The number of fused-ring (bicyclic) bond motifs is 2. The zero-order chi connectivity index (χ0) is 18.9. The van der Waals surface area contributed by atoms with Crippen LogP contribution in [0.5, 0.6) is 5.75 Å². The van der Waals surface area contributed by atoms with Gasteiger partial charge in [0.25, 0.3) is 0 Å². The molecule has 0 amide bonds. The fourth-order valence-electron chi connectivity index (χ4n) is 3.00. The normalized spacial score (nSPS) is 20.7. The maximum Gasteiger partial charge on any atom is 0.527 e. The second-order valence-corrected chi connectivity index (χ2v) is 8.52. The Bertz CT molecular complexity index is 922. The Morgan fingerprint density at radius 1 is 1.22 bits per heavy atom. The predicted octanol–water partition coefficient (Wildman–Crippen LogP) is 4.58. The average molecular weight is 406 g/mol. The van der Waals surface area contributed by atoms with E-state index in [1.165, 1.54) is 11.8 Å². The SMILES string of the molecule is COc1cccc2c1Sc1ccccc1C=C2OP(=O)(O)OC1CCOC1. The Morgan fingerprint density at radius 3 is 2.85 bits per heavy atom. The van der Waals surface area contributed by atoms with Gasteiger partial charge in [-0.3, -0.25) is 9.42 Å². The maximum absolute atomic E-state index is 12.6.